The average molecular weight is 463 g/mol. The van der Waals surface area contributed by atoms with Crippen LogP contribution in [-0.4, -0.2) is 27.6 Å². The van der Waals surface area contributed by atoms with Crippen molar-refractivity contribution in [2.24, 2.45) is 5.92 Å². The number of ether oxygens (including phenoxy) is 1. The summed E-state index contributed by atoms with van der Waals surface area (Å²) < 4.78 is 11.5. The number of ketones is 1. The minimum atomic E-state index is -0.929. The maximum Gasteiger partial charge on any atom is 0.306 e. The zero-order chi connectivity index (χ0) is 24.7. The van der Waals surface area contributed by atoms with Gasteiger partial charge in [0.2, 0.25) is 0 Å². The Balaban J connectivity index is 1.58. The lowest BCUT2D eigenvalue weighted by atomic mass is 9.92. The highest BCUT2D eigenvalue weighted by Crippen LogP contribution is 2.24. The summed E-state index contributed by atoms with van der Waals surface area (Å²) in [5.41, 5.74) is 3.04. The highest BCUT2D eigenvalue weighted by atomic mass is 16.5. The van der Waals surface area contributed by atoms with Gasteiger partial charge in [0.25, 0.3) is 0 Å². The summed E-state index contributed by atoms with van der Waals surface area (Å²) in [4.78, 5) is 28.0. The molecule has 0 saturated heterocycles. The number of aryl methyl sites for hydroxylation is 1. The number of oxazole rings is 1. The molecule has 2 N–H and O–H groups in total. The monoisotopic (exact) mass is 462 g/mol. The van der Waals surface area contributed by atoms with Gasteiger partial charge in [0.05, 0.1) is 23.7 Å². The molecule has 0 amide bonds. The van der Waals surface area contributed by atoms with Crippen molar-refractivity contribution in [2.75, 3.05) is 0 Å². The number of aromatic nitrogens is 1. The van der Waals surface area contributed by atoms with Crippen LogP contribution in [0.2, 0.25) is 0 Å². The van der Waals surface area contributed by atoms with Crippen molar-refractivity contribution in [3.63, 3.8) is 0 Å². The lowest BCUT2D eigenvalue weighted by Gasteiger charge is -2.13. The molecule has 1 aromatic heterocycles. The smallest absolute Gasteiger partial charge is 0.306 e. The molecule has 2 atom stereocenters. The van der Waals surface area contributed by atoms with Crippen molar-refractivity contribution in [1.82, 2.24) is 4.98 Å². The van der Waals surface area contributed by atoms with Gasteiger partial charge in [-0.1, -0.05) is 50.2 Å². The standard InChI is InChI=1S/C27H30N2O5/c1-4-22(24-15-29-25(34-24)13-18(3)27(31)32)26(28)23(30)14-19-9-11-21(12-10-19)33-16-20-8-6-5-7-17(20)2/h5-12,15,18,22,28H,4,13-14,16H2,1-3H3,(H,31,32). The van der Waals surface area contributed by atoms with E-state index in [1.807, 2.05) is 62.4 Å². The van der Waals surface area contributed by atoms with Crippen LogP contribution in [0.4, 0.5) is 0 Å². The molecule has 7 nitrogen and oxygen atoms in total. The molecule has 0 aliphatic carbocycles. The molecule has 178 valence electrons. The van der Waals surface area contributed by atoms with Crippen LogP contribution in [0.5, 0.6) is 5.75 Å². The lowest BCUT2D eigenvalue weighted by molar-refractivity contribution is -0.141. The van der Waals surface area contributed by atoms with E-state index in [2.05, 4.69) is 4.98 Å². The number of hydrogen-bond donors (Lipinski definition) is 2. The fourth-order valence-electron chi connectivity index (χ4n) is 3.59. The third-order valence-corrected chi connectivity index (χ3v) is 5.82. The molecule has 0 fully saturated rings. The number of carbonyl (C=O) groups is 2. The van der Waals surface area contributed by atoms with Crippen LogP contribution in [0.1, 0.15) is 54.5 Å². The van der Waals surface area contributed by atoms with Gasteiger partial charge in [-0.05, 0) is 42.2 Å². The fraction of sp³-hybridized carbons (Fsp3) is 0.333. The molecule has 3 aromatic rings. The zero-order valence-electron chi connectivity index (χ0n) is 19.7. The van der Waals surface area contributed by atoms with Gasteiger partial charge in [0.15, 0.2) is 11.7 Å². The Bertz CT molecular complexity index is 1150. The summed E-state index contributed by atoms with van der Waals surface area (Å²) in [7, 11) is 0. The van der Waals surface area contributed by atoms with Crippen LogP contribution in [0, 0.1) is 18.3 Å². The summed E-state index contributed by atoms with van der Waals surface area (Å²) in [5, 5.41) is 17.5. The Kier molecular flexibility index (Phi) is 8.35. The Labute approximate surface area is 199 Å². The lowest BCUT2D eigenvalue weighted by Crippen LogP contribution is -2.22. The first-order valence-electron chi connectivity index (χ1n) is 11.3. The quantitative estimate of drug-likeness (QED) is 0.360. The molecule has 0 radical (unpaired) electrons. The number of hydrogen-bond acceptors (Lipinski definition) is 6. The minimum Gasteiger partial charge on any atom is -0.489 e. The van der Waals surface area contributed by atoms with E-state index in [4.69, 9.17) is 19.7 Å². The second-order valence-electron chi connectivity index (χ2n) is 8.43. The predicted molar refractivity (Wildman–Crippen MR) is 128 cm³/mol. The topological polar surface area (TPSA) is 113 Å². The molecule has 0 aliphatic heterocycles. The second kappa shape index (κ2) is 11.4. The van der Waals surface area contributed by atoms with Crippen LogP contribution in [-0.2, 0) is 29.0 Å². The zero-order valence-corrected chi connectivity index (χ0v) is 19.7. The van der Waals surface area contributed by atoms with E-state index < -0.39 is 17.8 Å². The molecule has 2 aromatic carbocycles. The van der Waals surface area contributed by atoms with Crippen LogP contribution < -0.4 is 4.74 Å². The van der Waals surface area contributed by atoms with Gasteiger partial charge in [0, 0.05) is 12.8 Å². The Morgan fingerprint density at radius 3 is 2.50 bits per heavy atom. The Hall–Kier alpha value is -3.74. The summed E-state index contributed by atoms with van der Waals surface area (Å²) in [6, 6.07) is 15.4. The highest BCUT2D eigenvalue weighted by Gasteiger charge is 2.26. The second-order valence-corrected chi connectivity index (χ2v) is 8.43. The maximum atomic E-state index is 12.8. The molecule has 2 unspecified atom stereocenters. The van der Waals surface area contributed by atoms with Crippen molar-refractivity contribution < 1.29 is 23.8 Å². The fourth-order valence-corrected chi connectivity index (χ4v) is 3.59. The van der Waals surface area contributed by atoms with E-state index in [0.29, 0.717) is 30.4 Å². The molecule has 1 heterocycles. The summed E-state index contributed by atoms with van der Waals surface area (Å²) in [6.07, 6.45) is 2.25. The molecule has 0 bridgehead atoms. The molecule has 0 saturated carbocycles. The van der Waals surface area contributed by atoms with Crippen molar-refractivity contribution in [1.29, 1.82) is 5.41 Å². The number of carbonyl (C=O) groups excluding carboxylic acids is 1. The number of carboxylic acids is 1. The van der Waals surface area contributed by atoms with Gasteiger partial charge in [-0.2, -0.15) is 0 Å². The van der Waals surface area contributed by atoms with E-state index in [0.717, 1.165) is 11.1 Å². The first-order chi connectivity index (χ1) is 16.3. The molecule has 7 heteroatoms. The van der Waals surface area contributed by atoms with Crippen molar-refractivity contribution in [2.45, 2.75) is 52.6 Å². The highest BCUT2D eigenvalue weighted by molar-refractivity contribution is 6.40. The summed E-state index contributed by atoms with van der Waals surface area (Å²) in [6.45, 7) is 5.96. The Morgan fingerprint density at radius 2 is 1.85 bits per heavy atom. The van der Waals surface area contributed by atoms with E-state index in [1.165, 1.54) is 11.8 Å². The van der Waals surface area contributed by atoms with Crippen molar-refractivity contribution >= 4 is 17.5 Å². The van der Waals surface area contributed by atoms with Crippen LogP contribution in [0.25, 0.3) is 0 Å². The third-order valence-electron chi connectivity index (χ3n) is 5.82. The number of nitrogens with one attached hydrogen (secondary N) is 1. The first-order valence-corrected chi connectivity index (χ1v) is 11.3. The molecule has 0 aliphatic rings. The first kappa shape index (κ1) is 24.9. The van der Waals surface area contributed by atoms with E-state index >= 15 is 0 Å². The van der Waals surface area contributed by atoms with E-state index in [1.54, 1.807) is 6.92 Å². The predicted octanol–water partition coefficient (Wildman–Crippen LogP) is 5.15. The van der Waals surface area contributed by atoms with Crippen LogP contribution in [0.15, 0.2) is 59.1 Å². The van der Waals surface area contributed by atoms with Gasteiger partial charge in [-0.15, -0.1) is 0 Å². The van der Waals surface area contributed by atoms with E-state index in [9.17, 15) is 9.59 Å². The maximum absolute atomic E-state index is 12.8. The van der Waals surface area contributed by atoms with Gasteiger partial charge in [-0.25, -0.2) is 4.98 Å². The normalized spacial score (nSPS) is 12.7. The van der Waals surface area contributed by atoms with Gasteiger partial charge >= 0.3 is 5.97 Å². The van der Waals surface area contributed by atoms with E-state index in [-0.39, 0.29) is 24.3 Å². The molecule has 3 rings (SSSR count). The Morgan fingerprint density at radius 1 is 1.15 bits per heavy atom. The number of nitrogens with zero attached hydrogens (tertiary/aromatic N) is 1. The van der Waals surface area contributed by atoms with Crippen molar-refractivity contribution in [3.8, 4) is 5.75 Å². The molecule has 34 heavy (non-hydrogen) atoms. The van der Waals surface area contributed by atoms with Crippen molar-refractivity contribution in [3.05, 3.63) is 83.1 Å². The number of aliphatic carboxylic acids is 1. The third kappa shape index (κ3) is 6.41. The molecule has 0 spiro atoms. The number of benzene rings is 2. The van der Waals surface area contributed by atoms with Crippen LogP contribution in [0.3, 0.4) is 0 Å². The number of Topliss-reactive ketones (excluding diaryl/α,β-unsaturated/α-hetero) is 1. The molecular weight excluding hydrogens is 432 g/mol. The summed E-state index contributed by atoms with van der Waals surface area (Å²) >= 11 is 0. The van der Waals surface area contributed by atoms with Gasteiger partial charge in [-0.3, -0.25) is 9.59 Å². The van der Waals surface area contributed by atoms with Crippen LogP contribution >= 0.6 is 0 Å². The summed E-state index contributed by atoms with van der Waals surface area (Å²) in [5.74, 6) is -0.954. The molecular formula is C27H30N2O5. The average Bonchev–Trinajstić information content (AvgIpc) is 3.27. The minimum absolute atomic E-state index is 0.0450. The van der Waals surface area contributed by atoms with Gasteiger partial charge in [0.1, 0.15) is 18.1 Å². The number of carboxylic acid groups (broad SMARTS) is 1. The SMILES string of the molecule is CCC(C(=N)C(=O)Cc1ccc(OCc2ccccc2C)cc1)c1cnc(CC(C)C(=O)O)o1. The van der Waals surface area contributed by atoms with Gasteiger partial charge < -0.3 is 19.7 Å². The largest absolute Gasteiger partial charge is 0.489 e. The number of rotatable bonds is 12.